The molecular formula is C31H28N4O5. The Labute approximate surface area is 232 Å². The number of hydrogen-bond acceptors (Lipinski definition) is 8. The highest BCUT2D eigenvalue weighted by Crippen LogP contribution is 2.43. The van der Waals surface area contributed by atoms with Crippen molar-refractivity contribution in [2.45, 2.75) is 19.8 Å². The lowest BCUT2D eigenvalue weighted by Gasteiger charge is -2.36. The Balaban J connectivity index is 1.88. The number of hydrogen-bond donors (Lipinski definition) is 2. The number of ether oxygens (including phenoxy) is 2. The number of carbonyl (C=O) groups excluding carboxylic acids is 3. The number of nitrogens with zero attached hydrogens (tertiary/aromatic N) is 2. The lowest BCUT2D eigenvalue weighted by atomic mass is 9.81. The minimum atomic E-state index is -0.986. The average molecular weight is 537 g/mol. The minimum absolute atomic E-state index is 0.0317. The number of nitrogens with two attached hydrogens (primary N) is 1. The van der Waals surface area contributed by atoms with Gasteiger partial charge >= 0.3 is 11.9 Å². The lowest BCUT2D eigenvalue weighted by Crippen LogP contribution is -2.40. The van der Waals surface area contributed by atoms with Crippen LogP contribution in [-0.4, -0.2) is 32.1 Å². The molecule has 202 valence electrons. The van der Waals surface area contributed by atoms with Gasteiger partial charge in [0.25, 0.3) is 5.91 Å². The molecule has 1 aliphatic heterocycles. The van der Waals surface area contributed by atoms with Gasteiger partial charge in [-0.25, -0.2) is 9.59 Å². The van der Waals surface area contributed by atoms with E-state index >= 15 is 0 Å². The van der Waals surface area contributed by atoms with E-state index in [1.807, 2.05) is 26.0 Å². The summed E-state index contributed by atoms with van der Waals surface area (Å²) < 4.78 is 10.1. The second kappa shape index (κ2) is 11.6. The van der Waals surface area contributed by atoms with E-state index in [2.05, 4.69) is 11.4 Å². The van der Waals surface area contributed by atoms with Gasteiger partial charge in [0.2, 0.25) is 0 Å². The van der Waals surface area contributed by atoms with Gasteiger partial charge in [-0.2, -0.15) is 5.26 Å². The zero-order chi connectivity index (χ0) is 29.0. The molecule has 0 spiro atoms. The molecular weight excluding hydrogens is 508 g/mol. The molecule has 0 aliphatic carbocycles. The molecule has 9 heteroatoms. The number of anilines is 2. The second-order valence-corrected chi connectivity index (χ2v) is 9.14. The summed E-state index contributed by atoms with van der Waals surface area (Å²) in [6.45, 7) is 3.93. The number of allylic oxidation sites excluding steroid dienone is 1. The Morgan fingerprint density at radius 1 is 0.900 bits per heavy atom. The van der Waals surface area contributed by atoms with Crippen molar-refractivity contribution in [1.82, 2.24) is 0 Å². The summed E-state index contributed by atoms with van der Waals surface area (Å²) >= 11 is 0. The number of carbonyl (C=O) groups is 3. The zero-order valence-electron chi connectivity index (χ0n) is 22.5. The van der Waals surface area contributed by atoms with Gasteiger partial charge in [-0.1, -0.05) is 42.5 Å². The molecule has 0 saturated carbocycles. The first kappa shape index (κ1) is 27.7. The van der Waals surface area contributed by atoms with E-state index in [1.165, 1.54) is 25.2 Å². The number of rotatable bonds is 6. The fourth-order valence-electron chi connectivity index (χ4n) is 4.59. The van der Waals surface area contributed by atoms with E-state index in [0.717, 1.165) is 11.1 Å². The lowest BCUT2D eigenvalue weighted by molar-refractivity contribution is -0.139. The maximum atomic E-state index is 13.2. The summed E-state index contributed by atoms with van der Waals surface area (Å²) in [5.41, 5.74) is 10.1. The molecule has 9 nitrogen and oxygen atoms in total. The summed E-state index contributed by atoms with van der Waals surface area (Å²) in [6, 6.07) is 22.8. The number of nitriles is 1. The SMILES string of the molecule is COC(=O)C1=C(C(=O)OC)N(c2cccc(C(=O)Nc3ccc(C)c(C)c3)c2)C(N)=C(C#N)C1c1ccccc1. The molecule has 40 heavy (non-hydrogen) atoms. The highest BCUT2D eigenvalue weighted by molar-refractivity contribution is 6.08. The Morgan fingerprint density at radius 2 is 1.60 bits per heavy atom. The number of esters is 2. The molecule has 0 aromatic heterocycles. The van der Waals surface area contributed by atoms with E-state index in [4.69, 9.17) is 15.2 Å². The van der Waals surface area contributed by atoms with Gasteiger partial charge < -0.3 is 20.5 Å². The van der Waals surface area contributed by atoms with E-state index in [0.29, 0.717) is 11.3 Å². The van der Waals surface area contributed by atoms with Gasteiger partial charge in [0, 0.05) is 16.9 Å². The molecule has 0 fully saturated rings. The molecule has 1 amide bonds. The van der Waals surface area contributed by atoms with Crippen molar-refractivity contribution in [2.24, 2.45) is 5.73 Å². The first-order valence-electron chi connectivity index (χ1n) is 12.4. The smallest absolute Gasteiger partial charge is 0.355 e. The van der Waals surface area contributed by atoms with Gasteiger partial charge in [0.05, 0.1) is 37.4 Å². The van der Waals surface area contributed by atoms with Crippen LogP contribution < -0.4 is 16.0 Å². The molecule has 1 atom stereocenters. The predicted octanol–water partition coefficient (Wildman–Crippen LogP) is 4.45. The molecule has 1 aliphatic rings. The summed E-state index contributed by atoms with van der Waals surface area (Å²) in [7, 11) is 2.36. The van der Waals surface area contributed by atoms with E-state index in [-0.39, 0.29) is 33.9 Å². The molecule has 0 bridgehead atoms. The predicted molar refractivity (Wildman–Crippen MR) is 150 cm³/mol. The van der Waals surface area contributed by atoms with E-state index in [9.17, 15) is 19.6 Å². The molecule has 1 heterocycles. The average Bonchev–Trinajstić information content (AvgIpc) is 2.97. The van der Waals surface area contributed by atoms with Crippen LogP contribution in [0.3, 0.4) is 0 Å². The van der Waals surface area contributed by atoms with Crippen molar-refractivity contribution < 1.29 is 23.9 Å². The van der Waals surface area contributed by atoms with Gasteiger partial charge in [0.1, 0.15) is 11.5 Å². The highest BCUT2D eigenvalue weighted by atomic mass is 16.5. The van der Waals surface area contributed by atoms with Crippen LogP contribution in [-0.2, 0) is 19.1 Å². The minimum Gasteiger partial charge on any atom is -0.466 e. The van der Waals surface area contributed by atoms with Crippen molar-refractivity contribution in [1.29, 1.82) is 5.26 Å². The van der Waals surface area contributed by atoms with Crippen LogP contribution in [0.4, 0.5) is 11.4 Å². The van der Waals surface area contributed by atoms with Crippen LogP contribution in [0, 0.1) is 25.2 Å². The molecule has 3 N–H and O–H groups in total. The monoisotopic (exact) mass is 536 g/mol. The third-order valence-electron chi connectivity index (χ3n) is 6.74. The molecule has 0 saturated heterocycles. The van der Waals surface area contributed by atoms with Gasteiger partial charge in [-0.05, 0) is 60.9 Å². The number of aryl methyl sites for hydroxylation is 2. The second-order valence-electron chi connectivity index (χ2n) is 9.14. The fourth-order valence-corrected chi connectivity index (χ4v) is 4.59. The van der Waals surface area contributed by atoms with Crippen molar-refractivity contribution in [2.75, 3.05) is 24.4 Å². The number of methoxy groups -OCH3 is 2. The van der Waals surface area contributed by atoms with Crippen LogP contribution in [0.2, 0.25) is 0 Å². The summed E-state index contributed by atoms with van der Waals surface area (Å²) in [5.74, 6) is -3.17. The van der Waals surface area contributed by atoms with Crippen LogP contribution >= 0.6 is 0 Å². The quantitative estimate of drug-likeness (QED) is 0.441. The summed E-state index contributed by atoms with van der Waals surface area (Å²) in [4.78, 5) is 40.9. The van der Waals surface area contributed by atoms with Crippen LogP contribution in [0.5, 0.6) is 0 Å². The topological polar surface area (TPSA) is 135 Å². The summed E-state index contributed by atoms with van der Waals surface area (Å²) in [6.07, 6.45) is 0. The maximum Gasteiger partial charge on any atom is 0.355 e. The normalized spacial score (nSPS) is 14.9. The molecule has 0 radical (unpaired) electrons. The van der Waals surface area contributed by atoms with Crippen LogP contribution in [0.1, 0.15) is 33.0 Å². The van der Waals surface area contributed by atoms with Crippen molar-refractivity contribution in [3.63, 3.8) is 0 Å². The highest BCUT2D eigenvalue weighted by Gasteiger charge is 2.43. The fraction of sp³-hybridized carbons (Fsp3) is 0.161. The third-order valence-corrected chi connectivity index (χ3v) is 6.74. The summed E-state index contributed by atoms with van der Waals surface area (Å²) in [5, 5.41) is 13.1. The maximum absolute atomic E-state index is 13.2. The Hall–Kier alpha value is -5.36. The Morgan fingerprint density at radius 3 is 2.23 bits per heavy atom. The Kier molecular flexibility index (Phi) is 8.01. The van der Waals surface area contributed by atoms with Crippen molar-refractivity contribution in [3.05, 3.63) is 118 Å². The van der Waals surface area contributed by atoms with Gasteiger partial charge in [-0.15, -0.1) is 0 Å². The number of amides is 1. The van der Waals surface area contributed by atoms with Crippen LogP contribution in [0.25, 0.3) is 0 Å². The molecule has 3 aromatic carbocycles. The number of benzene rings is 3. The van der Waals surface area contributed by atoms with E-state index < -0.39 is 23.8 Å². The number of nitrogens with one attached hydrogen (secondary N) is 1. The molecule has 3 aromatic rings. The van der Waals surface area contributed by atoms with Crippen molar-refractivity contribution >= 4 is 29.2 Å². The molecule has 1 unspecified atom stereocenters. The largest absolute Gasteiger partial charge is 0.466 e. The Bertz CT molecular complexity index is 1600. The van der Waals surface area contributed by atoms with Crippen LogP contribution in [0.15, 0.2) is 95.5 Å². The third kappa shape index (κ3) is 5.15. The zero-order valence-corrected chi connectivity index (χ0v) is 22.5. The molecule has 4 rings (SSSR count). The van der Waals surface area contributed by atoms with E-state index in [1.54, 1.807) is 54.6 Å². The van der Waals surface area contributed by atoms with Crippen molar-refractivity contribution in [3.8, 4) is 6.07 Å². The van der Waals surface area contributed by atoms with Gasteiger partial charge in [0.15, 0.2) is 0 Å². The standard InChI is InChI=1S/C31H28N4O5/c1-18-13-14-22(15-19(18)2)34-29(36)21-11-8-12-23(16-21)35-27(31(38)40-4)26(30(37)39-3)25(24(17-32)28(35)33)20-9-6-5-7-10-20/h5-16,25H,33H2,1-4H3,(H,34,36). The first-order valence-corrected chi connectivity index (χ1v) is 12.4. The first-order chi connectivity index (χ1) is 19.2. The van der Waals surface area contributed by atoms with Gasteiger partial charge in [-0.3, -0.25) is 9.69 Å².